The van der Waals surface area contributed by atoms with Gasteiger partial charge in [0.1, 0.15) is 5.75 Å². The van der Waals surface area contributed by atoms with Crippen molar-refractivity contribution in [1.82, 2.24) is 9.97 Å². The monoisotopic (exact) mass is 456 g/mol. The first-order valence-electron chi connectivity index (χ1n) is 12.4. The summed E-state index contributed by atoms with van der Waals surface area (Å²) in [4.78, 5) is 20.3. The third-order valence-electron chi connectivity index (χ3n) is 6.03. The molecule has 180 valence electrons. The molecule has 1 atom stereocenters. The van der Waals surface area contributed by atoms with Crippen LogP contribution in [0.2, 0.25) is 0 Å². The molecule has 1 aliphatic rings. The fourth-order valence-electron chi connectivity index (χ4n) is 3.69. The van der Waals surface area contributed by atoms with Gasteiger partial charge in [-0.15, -0.1) is 0 Å². The second kappa shape index (κ2) is 13.3. The van der Waals surface area contributed by atoms with Gasteiger partial charge in [-0.2, -0.15) is 0 Å². The van der Waals surface area contributed by atoms with Gasteiger partial charge in [-0.25, -0.2) is 19.2 Å². The lowest BCUT2D eigenvalue weighted by atomic mass is 10.1. The Bertz CT molecular complexity index is 835. The average molecular weight is 457 g/mol. The van der Waals surface area contributed by atoms with Crippen LogP contribution in [0.4, 0.5) is 4.39 Å². The summed E-state index contributed by atoms with van der Waals surface area (Å²) in [6.45, 7) is 3.91. The van der Waals surface area contributed by atoms with Crippen molar-refractivity contribution in [2.24, 2.45) is 11.8 Å². The van der Waals surface area contributed by atoms with E-state index in [0.717, 1.165) is 23.5 Å². The summed E-state index contributed by atoms with van der Waals surface area (Å²) in [5.41, 5.74) is 1.70. The molecule has 0 N–H and O–H groups in total. The van der Waals surface area contributed by atoms with Crippen LogP contribution in [0.15, 0.2) is 36.7 Å². The quantitative estimate of drug-likeness (QED) is 0.165. The zero-order chi connectivity index (χ0) is 23.5. The van der Waals surface area contributed by atoms with Gasteiger partial charge in [0.25, 0.3) is 0 Å². The summed E-state index contributed by atoms with van der Waals surface area (Å²) >= 11 is 0. The Kier molecular flexibility index (Phi) is 10.1. The van der Waals surface area contributed by atoms with Crippen LogP contribution < -0.4 is 9.47 Å². The van der Waals surface area contributed by atoms with Gasteiger partial charge in [0.2, 0.25) is 0 Å². The number of unbranched alkanes of at least 4 members (excludes halogenated alkanes) is 6. The van der Waals surface area contributed by atoms with Crippen molar-refractivity contribution >= 4 is 5.97 Å². The van der Waals surface area contributed by atoms with E-state index in [1.807, 2.05) is 0 Å². The third-order valence-corrected chi connectivity index (χ3v) is 6.03. The Hall–Kier alpha value is -2.50. The first-order valence-corrected chi connectivity index (χ1v) is 12.4. The number of hydrogen-bond acceptors (Lipinski definition) is 5. The molecule has 33 heavy (non-hydrogen) atoms. The number of ether oxygens (including phenoxy) is 2. The van der Waals surface area contributed by atoms with E-state index in [9.17, 15) is 9.18 Å². The van der Waals surface area contributed by atoms with Crippen molar-refractivity contribution < 1.29 is 18.7 Å². The van der Waals surface area contributed by atoms with Crippen LogP contribution in [-0.2, 0) is 4.79 Å². The molecule has 5 nitrogen and oxygen atoms in total. The Morgan fingerprint density at radius 1 is 0.939 bits per heavy atom. The Morgan fingerprint density at radius 3 is 2.15 bits per heavy atom. The Labute approximate surface area is 197 Å². The van der Waals surface area contributed by atoms with Crippen LogP contribution in [0.25, 0.3) is 11.1 Å². The van der Waals surface area contributed by atoms with E-state index >= 15 is 0 Å². The second-order valence-electron chi connectivity index (χ2n) is 9.40. The lowest BCUT2D eigenvalue weighted by Crippen LogP contribution is -2.26. The van der Waals surface area contributed by atoms with Crippen LogP contribution in [0.1, 0.15) is 78.1 Å². The standard InChI is InChI=1S/C27H37FN2O3/c1-20(2)25(28)26(31)33-24-15-13-22(14-16-24)23-18-29-27(30-19-23)32-17-9-7-5-3-4-6-8-10-21-11-12-21/h13-16,18-21,25H,3-12,17H2,1-2H3/t25-/m0/s1. The number of benzene rings is 1. The number of nitrogens with zero attached hydrogens (tertiary/aromatic N) is 2. The maximum atomic E-state index is 13.7. The van der Waals surface area contributed by atoms with Crippen LogP contribution in [0, 0.1) is 11.8 Å². The van der Waals surface area contributed by atoms with Gasteiger partial charge in [0.15, 0.2) is 6.17 Å². The molecule has 0 spiro atoms. The van der Waals surface area contributed by atoms with Gasteiger partial charge in [0.05, 0.1) is 6.61 Å². The molecule has 1 aliphatic carbocycles. The highest BCUT2D eigenvalue weighted by molar-refractivity contribution is 5.77. The molecule has 0 amide bonds. The van der Waals surface area contributed by atoms with Gasteiger partial charge >= 0.3 is 12.0 Å². The highest BCUT2D eigenvalue weighted by Crippen LogP contribution is 2.34. The predicted octanol–water partition coefficient (Wildman–Crippen LogP) is 6.95. The molecule has 1 aromatic heterocycles. The van der Waals surface area contributed by atoms with Crippen LogP contribution in [0.5, 0.6) is 11.8 Å². The summed E-state index contributed by atoms with van der Waals surface area (Å²) in [5.74, 6) is 0.0928. The van der Waals surface area contributed by atoms with Crippen LogP contribution in [-0.4, -0.2) is 28.7 Å². The van der Waals surface area contributed by atoms with Crippen molar-refractivity contribution in [2.45, 2.75) is 84.2 Å². The molecule has 1 fully saturated rings. The Morgan fingerprint density at radius 2 is 1.55 bits per heavy atom. The van der Waals surface area contributed by atoms with Gasteiger partial charge in [-0.05, 0) is 36.0 Å². The normalized spacial score (nSPS) is 14.3. The number of aromatic nitrogens is 2. The zero-order valence-corrected chi connectivity index (χ0v) is 20.0. The maximum absolute atomic E-state index is 13.7. The van der Waals surface area contributed by atoms with Crippen LogP contribution in [0.3, 0.4) is 0 Å². The molecular formula is C27H37FN2O3. The first-order chi connectivity index (χ1) is 16.0. The maximum Gasteiger partial charge on any atom is 0.346 e. The minimum absolute atomic E-state index is 0.311. The number of halogens is 1. The minimum atomic E-state index is -1.63. The van der Waals surface area contributed by atoms with E-state index in [0.29, 0.717) is 18.4 Å². The van der Waals surface area contributed by atoms with Gasteiger partial charge in [0, 0.05) is 18.0 Å². The number of alkyl halides is 1. The lowest BCUT2D eigenvalue weighted by Gasteiger charge is -2.11. The van der Waals surface area contributed by atoms with Crippen molar-refractivity contribution in [3.05, 3.63) is 36.7 Å². The lowest BCUT2D eigenvalue weighted by molar-refractivity contribution is -0.141. The van der Waals surface area contributed by atoms with E-state index in [4.69, 9.17) is 9.47 Å². The summed E-state index contributed by atoms with van der Waals surface area (Å²) < 4.78 is 24.5. The van der Waals surface area contributed by atoms with Gasteiger partial charge in [-0.3, -0.25) is 0 Å². The molecule has 1 aromatic carbocycles. The van der Waals surface area contributed by atoms with Crippen molar-refractivity contribution in [3.8, 4) is 22.9 Å². The molecule has 0 aliphatic heterocycles. The van der Waals surface area contributed by atoms with E-state index in [1.165, 1.54) is 57.8 Å². The Balaban J connectivity index is 1.31. The third kappa shape index (κ3) is 9.10. The van der Waals surface area contributed by atoms with Crippen molar-refractivity contribution in [2.75, 3.05) is 6.61 Å². The molecule has 0 unspecified atom stereocenters. The van der Waals surface area contributed by atoms with E-state index in [-0.39, 0.29) is 0 Å². The van der Waals surface area contributed by atoms with Crippen LogP contribution >= 0.6 is 0 Å². The zero-order valence-electron chi connectivity index (χ0n) is 20.0. The molecule has 1 saturated carbocycles. The molecule has 0 saturated heterocycles. The molecule has 0 bridgehead atoms. The smallest absolute Gasteiger partial charge is 0.346 e. The molecular weight excluding hydrogens is 419 g/mol. The summed E-state index contributed by atoms with van der Waals surface area (Å²) in [7, 11) is 0. The number of rotatable bonds is 15. The number of carbonyl (C=O) groups is 1. The van der Waals surface area contributed by atoms with Gasteiger partial charge in [-0.1, -0.05) is 83.8 Å². The van der Waals surface area contributed by atoms with Crippen molar-refractivity contribution in [1.29, 1.82) is 0 Å². The molecule has 0 radical (unpaired) electrons. The largest absolute Gasteiger partial charge is 0.463 e. The second-order valence-corrected chi connectivity index (χ2v) is 9.40. The molecule has 2 aromatic rings. The number of carbonyl (C=O) groups excluding carboxylic acids is 1. The summed E-state index contributed by atoms with van der Waals surface area (Å²) in [6, 6.07) is 7.23. The topological polar surface area (TPSA) is 61.3 Å². The predicted molar refractivity (Wildman–Crippen MR) is 128 cm³/mol. The highest BCUT2D eigenvalue weighted by atomic mass is 19.1. The number of esters is 1. The fraction of sp³-hybridized carbons (Fsp3) is 0.593. The van der Waals surface area contributed by atoms with Crippen molar-refractivity contribution in [3.63, 3.8) is 0 Å². The highest BCUT2D eigenvalue weighted by Gasteiger charge is 2.23. The SMILES string of the molecule is CC(C)[C@H](F)C(=O)Oc1ccc(-c2cnc(OCCCCCCCCCC3CC3)nc2)cc1. The van der Waals surface area contributed by atoms with E-state index in [2.05, 4.69) is 9.97 Å². The molecule has 1 heterocycles. The fourth-order valence-corrected chi connectivity index (χ4v) is 3.69. The summed E-state index contributed by atoms with van der Waals surface area (Å²) in [5, 5.41) is 0. The van der Waals surface area contributed by atoms with E-state index in [1.54, 1.807) is 50.5 Å². The number of hydrogen-bond donors (Lipinski definition) is 0. The average Bonchev–Trinajstić information content (AvgIpc) is 3.65. The minimum Gasteiger partial charge on any atom is -0.463 e. The molecule has 6 heteroatoms. The van der Waals surface area contributed by atoms with E-state index < -0.39 is 18.1 Å². The summed E-state index contributed by atoms with van der Waals surface area (Å²) in [6.07, 6.45) is 15.1. The van der Waals surface area contributed by atoms with Gasteiger partial charge < -0.3 is 9.47 Å². The molecule has 3 rings (SSSR count). The first kappa shape index (κ1) is 25.1.